The molecule has 3 nitrogen and oxygen atoms in total. The minimum atomic E-state index is -0.941. The minimum absolute atomic E-state index is 0.274. The molecule has 2 aromatic rings. The molecule has 0 heterocycles. The number of carbonyl (C=O) groups is 1. The molecule has 0 amide bonds. The number of aromatic carboxylic acids is 1. The van der Waals surface area contributed by atoms with Crippen molar-refractivity contribution in [1.82, 2.24) is 0 Å². The second-order valence-electron chi connectivity index (χ2n) is 4.45. The number of hydrogen-bond donors (Lipinski definition) is 1. The van der Waals surface area contributed by atoms with E-state index in [0.717, 1.165) is 10.0 Å². The molecule has 0 radical (unpaired) electrons. The summed E-state index contributed by atoms with van der Waals surface area (Å²) in [5, 5.41) is 9.96. The normalized spacial score (nSPS) is 10.3. The van der Waals surface area contributed by atoms with Gasteiger partial charge >= 0.3 is 5.97 Å². The topological polar surface area (TPSA) is 40.5 Å². The van der Waals surface area contributed by atoms with Gasteiger partial charge in [0, 0.05) is 23.1 Å². The molecule has 20 heavy (non-hydrogen) atoms. The monoisotopic (exact) mass is 353 g/mol. The fraction of sp³-hybridized carbons (Fsp3) is 0.133. The van der Waals surface area contributed by atoms with Crippen LogP contribution in [-0.4, -0.2) is 18.1 Å². The Balaban J connectivity index is 2.27. The second kappa shape index (κ2) is 6.29. The van der Waals surface area contributed by atoms with Crippen LogP contribution in [0.4, 0.5) is 5.69 Å². The summed E-state index contributed by atoms with van der Waals surface area (Å²) in [7, 11) is 1.87. The Bertz CT molecular complexity index is 628. The first-order valence-corrected chi connectivity index (χ1v) is 7.13. The van der Waals surface area contributed by atoms with E-state index in [0.29, 0.717) is 17.3 Å². The molecule has 2 aromatic carbocycles. The lowest BCUT2D eigenvalue weighted by Crippen LogP contribution is -2.19. The summed E-state index contributed by atoms with van der Waals surface area (Å²) in [5.74, 6) is -0.941. The molecule has 0 aliphatic rings. The summed E-state index contributed by atoms with van der Waals surface area (Å²) >= 11 is 9.14. The third kappa shape index (κ3) is 3.52. The number of nitrogens with zero attached hydrogens (tertiary/aromatic N) is 1. The van der Waals surface area contributed by atoms with Crippen molar-refractivity contribution >= 4 is 39.2 Å². The van der Waals surface area contributed by atoms with Crippen molar-refractivity contribution in [2.75, 3.05) is 11.9 Å². The van der Waals surface area contributed by atoms with Crippen LogP contribution in [-0.2, 0) is 6.54 Å². The third-order valence-electron chi connectivity index (χ3n) is 2.93. The van der Waals surface area contributed by atoms with E-state index in [2.05, 4.69) is 15.9 Å². The predicted molar refractivity (Wildman–Crippen MR) is 84.7 cm³/mol. The lowest BCUT2D eigenvalue weighted by atomic mass is 10.1. The fourth-order valence-electron chi connectivity index (χ4n) is 1.96. The molecule has 0 aromatic heterocycles. The first-order valence-electron chi connectivity index (χ1n) is 5.96. The van der Waals surface area contributed by atoms with Gasteiger partial charge in [-0.15, -0.1) is 0 Å². The Labute approximate surface area is 130 Å². The van der Waals surface area contributed by atoms with Gasteiger partial charge in [-0.2, -0.15) is 0 Å². The van der Waals surface area contributed by atoms with Crippen molar-refractivity contribution in [3.63, 3.8) is 0 Å². The Kier molecular flexibility index (Phi) is 4.68. The second-order valence-corrected chi connectivity index (χ2v) is 5.80. The van der Waals surface area contributed by atoms with Crippen LogP contribution in [0, 0.1) is 0 Å². The zero-order valence-electron chi connectivity index (χ0n) is 10.8. The van der Waals surface area contributed by atoms with Gasteiger partial charge in [0.15, 0.2) is 0 Å². The largest absolute Gasteiger partial charge is 0.478 e. The molecular formula is C15H13BrClNO2. The average molecular weight is 355 g/mol. The predicted octanol–water partition coefficient (Wildman–Crippen LogP) is 4.44. The van der Waals surface area contributed by atoms with Crippen LogP contribution in [0.5, 0.6) is 0 Å². The highest BCUT2D eigenvalue weighted by molar-refractivity contribution is 9.10. The molecule has 1 N–H and O–H groups in total. The fourth-order valence-corrected chi connectivity index (χ4v) is 2.45. The maximum Gasteiger partial charge on any atom is 0.337 e. The molecule has 0 bridgehead atoms. The summed E-state index contributed by atoms with van der Waals surface area (Å²) in [6.45, 7) is 0.610. The Morgan fingerprint density at radius 3 is 2.50 bits per heavy atom. The van der Waals surface area contributed by atoms with Gasteiger partial charge in [0.2, 0.25) is 0 Å². The quantitative estimate of drug-likeness (QED) is 0.882. The highest BCUT2D eigenvalue weighted by atomic mass is 79.9. The van der Waals surface area contributed by atoms with Gasteiger partial charge in [-0.25, -0.2) is 4.79 Å². The summed E-state index contributed by atoms with van der Waals surface area (Å²) in [5.41, 5.74) is 2.02. The van der Waals surface area contributed by atoms with Crippen molar-refractivity contribution in [2.45, 2.75) is 6.54 Å². The molecule has 0 atom stereocenters. The Morgan fingerprint density at radius 1 is 1.25 bits per heavy atom. The first-order chi connectivity index (χ1) is 9.47. The highest BCUT2D eigenvalue weighted by Crippen LogP contribution is 2.25. The van der Waals surface area contributed by atoms with Gasteiger partial charge in [0.25, 0.3) is 0 Å². The number of carboxylic acids is 1. The van der Waals surface area contributed by atoms with Gasteiger partial charge in [-0.1, -0.05) is 39.7 Å². The lowest BCUT2D eigenvalue weighted by molar-refractivity contribution is 0.0697. The van der Waals surface area contributed by atoms with E-state index >= 15 is 0 Å². The summed E-state index contributed by atoms with van der Waals surface area (Å²) in [6.07, 6.45) is 0. The number of anilines is 1. The van der Waals surface area contributed by atoms with E-state index < -0.39 is 5.97 Å². The van der Waals surface area contributed by atoms with E-state index in [1.807, 2.05) is 42.3 Å². The van der Waals surface area contributed by atoms with Gasteiger partial charge in [-0.3, -0.25) is 0 Å². The first kappa shape index (κ1) is 14.9. The average Bonchev–Trinajstić information content (AvgIpc) is 2.41. The van der Waals surface area contributed by atoms with Gasteiger partial charge in [-0.05, 0) is 35.9 Å². The van der Waals surface area contributed by atoms with E-state index in [1.54, 1.807) is 12.1 Å². The molecule has 0 aliphatic carbocycles. The van der Waals surface area contributed by atoms with Crippen LogP contribution in [0.1, 0.15) is 15.9 Å². The molecule has 0 spiro atoms. The molecule has 0 aliphatic heterocycles. The molecule has 0 saturated carbocycles. The molecule has 5 heteroatoms. The van der Waals surface area contributed by atoms with Crippen molar-refractivity contribution in [1.29, 1.82) is 0 Å². The highest BCUT2D eigenvalue weighted by Gasteiger charge is 2.14. The lowest BCUT2D eigenvalue weighted by Gasteiger charge is -2.21. The Hall–Kier alpha value is -1.52. The number of carboxylic acid groups (broad SMARTS) is 1. The number of halogens is 2. The van der Waals surface area contributed by atoms with Crippen LogP contribution >= 0.6 is 27.5 Å². The summed E-state index contributed by atoms with van der Waals surface area (Å²) in [4.78, 5) is 13.2. The Morgan fingerprint density at radius 2 is 1.90 bits per heavy atom. The summed E-state index contributed by atoms with van der Waals surface area (Å²) < 4.78 is 0.749. The van der Waals surface area contributed by atoms with Crippen molar-refractivity contribution < 1.29 is 9.90 Å². The van der Waals surface area contributed by atoms with Crippen LogP contribution in [0.2, 0.25) is 5.02 Å². The SMILES string of the molecule is CN(Cc1ccc(Cl)cc1)c1ccc(Br)cc1C(=O)O. The van der Waals surface area contributed by atoms with Gasteiger partial charge in [0.05, 0.1) is 11.3 Å². The van der Waals surface area contributed by atoms with E-state index in [1.165, 1.54) is 0 Å². The molecule has 104 valence electrons. The number of benzene rings is 2. The van der Waals surface area contributed by atoms with Crippen molar-refractivity contribution in [3.05, 3.63) is 63.1 Å². The smallest absolute Gasteiger partial charge is 0.337 e. The van der Waals surface area contributed by atoms with Crippen LogP contribution in [0.15, 0.2) is 46.9 Å². The standard InChI is InChI=1S/C15H13BrClNO2/c1-18(9-10-2-5-12(17)6-3-10)14-7-4-11(16)8-13(14)15(19)20/h2-8H,9H2,1H3,(H,19,20). The van der Waals surface area contributed by atoms with Crippen molar-refractivity contribution in [2.24, 2.45) is 0 Å². The molecular weight excluding hydrogens is 342 g/mol. The maximum atomic E-state index is 11.3. The summed E-state index contributed by atoms with van der Waals surface area (Å²) in [6, 6.07) is 12.7. The van der Waals surface area contributed by atoms with E-state index in [-0.39, 0.29) is 5.56 Å². The molecule has 0 fully saturated rings. The van der Waals surface area contributed by atoms with Crippen LogP contribution < -0.4 is 4.90 Å². The third-order valence-corrected chi connectivity index (χ3v) is 3.68. The molecule has 0 unspecified atom stereocenters. The van der Waals surface area contributed by atoms with E-state index in [9.17, 15) is 9.90 Å². The zero-order chi connectivity index (χ0) is 14.7. The van der Waals surface area contributed by atoms with E-state index in [4.69, 9.17) is 11.6 Å². The molecule has 0 saturated heterocycles. The van der Waals surface area contributed by atoms with Crippen LogP contribution in [0.3, 0.4) is 0 Å². The molecule has 2 rings (SSSR count). The van der Waals surface area contributed by atoms with Crippen LogP contribution in [0.25, 0.3) is 0 Å². The maximum absolute atomic E-state index is 11.3. The zero-order valence-corrected chi connectivity index (χ0v) is 13.1. The van der Waals surface area contributed by atoms with Crippen molar-refractivity contribution in [3.8, 4) is 0 Å². The minimum Gasteiger partial charge on any atom is -0.478 e. The van der Waals surface area contributed by atoms with Gasteiger partial charge in [0.1, 0.15) is 0 Å². The van der Waals surface area contributed by atoms with Gasteiger partial charge < -0.3 is 10.0 Å². The number of hydrogen-bond acceptors (Lipinski definition) is 2. The number of rotatable bonds is 4.